The predicted octanol–water partition coefficient (Wildman–Crippen LogP) is 2.01. The number of nitriles is 1. The average Bonchev–Trinajstić information content (AvgIpc) is 2.47. The van der Waals surface area contributed by atoms with Crippen LogP contribution in [0.25, 0.3) is 22.2 Å². The smallest absolute Gasteiger partial charge is 0.222 e. The molecular weight excluding hydrogens is 290 g/mol. The van der Waals surface area contributed by atoms with Crippen LogP contribution in [0.1, 0.15) is 5.56 Å². The minimum Gasteiger partial charge on any atom is -0.382 e. The summed E-state index contributed by atoms with van der Waals surface area (Å²) < 4.78 is 29.0. The molecular formula is C14H8F2N6. The molecule has 0 unspecified atom stereocenters. The molecule has 2 heterocycles. The normalized spacial score (nSPS) is 10.6. The second-order valence-corrected chi connectivity index (χ2v) is 4.42. The van der Waals surface area contributed by atoms with E-state index >= 15 is 0 Å². The van der Waals surface area contributed by atoms with E-state index in [1.165, 1.54) is 18.3 Å². The molecule has 2 aromatic heterocycles. The number of hydrogen-bond acceptors (Lipinski definition) is 6. The van der Waals surface area contributed by atoms with Crippen LogP contribution in [0.2, 0.25) is 0 Å². The first-order valence-electron chi connectivity index (χ1n) is 6.09. The standard InChI is InChI=1S/C14H8F2N6/c15-8-4-9-6(2-1-3-20-9)11(16)10(8)12-7(5-17)13(18)22-14(19)21-12/h1-4H,(H4,18,19,21,22). The van der Waals surface area contributed by atoms with E-state index in [1.54, 1.807) is 6.07 Å². The molecule has 4 N–H and O–H groups in total. The van der Waals surface area contributed by atoms with Crippen molar-refractivity contribution >= 4 is 22.7 Å². The topological polar surface area (TPSA) is 114 Å². The van der Waals surface area contributed by atoms with Gasteiger partial charge in [0.15, 0.2) is 0 Å². The lowest BCUT2D eigenvalue weighted by atomic mass is 10.0. The van der Waals surface area contributed by atoms with Crippen LogP contribution in [0.3, 0.4) is 0 Å². The van der Waals surface area contributed by atoms with Gasteiger partial charge in [-0.1, -0.05) is 0 Å². The van der Waals surface area contributed by atoms with Gasteiger partial charge in [-0.2, -0.15) is 10.2 Å². The fourth-order valence-corrected chi connectivity index (χ4v) is 2.15. The van der Waals surface area contributed by atoms with Gasteiger partial charge < -0.3 is 11.5 Å². The lowest BCUT2D eigenvalue weighted by molar-refractivity contribution is 0.596. The van der Waals surface area contributed by atoms with Crippen LogP contribution in [0.15, 0.2) is 24.4 Å². The highest BCUT2D eigenvalue weighted by molar-refractivity contribution is 5.87. The van der Waals surface area contributed by atoms with Crippen molar-refractivity contribution in [1.82, 2.24) is 15.0 Å². The van der Waals surface area contributed by atoms with Gasteiger partial charge in [0, 0.05) is 17.6 Å². The molecule has 0 saturated heterocycles. The SMILES string of the molecule is N#Cc1c(N)nc(N)nc1-c1c(F)cc2ncccc2c1F. The van der Waals surface area contributed by atoms with E-state index in [9.17, 15) is 8.78 Å². The number of nitrogen functional groups attached to an aromatic ring is 2. The molecule has 1 aromatic carbocycles. The molecule has 8 heteroatoms. The molecule has 0 spiro atoms. The number of halogens is 2. The van der Waals surface area contributed by atoms with Crippen molar-refractivity contribution in [2.24, 2.45) is 0 Å². The molecule has 0 amide bonds. The molecule has 0 bridgehead atoms. The Morgan fingerprint density at radius 3 is 2.68 bits per heavy atom. The summed E-state index contributed by atoms with van der Waals surface area (Å²) in [6.07, 6.45) is 1.42. The highest BCUT2D eigenvalue weighted by Gasteiger charge is 2.22. The van der Waals surface area contributed by atoms with Gasteiger partial charge in [-0.3, -0.25) is 4.98 Å². The van der Waals surface area contributed by atoms with E-state index in [2.05, 4.69) is 15.0 Å². The largest absolute Gasteiger partial charge is 0.382 e. The van der Waals surface area contributed by atoms with Gasteiger partial charge in [0.05, 0.1) is 11.1 Å². The molecule has 0 aliphatic rings. The van der Waals surface area contributed by atoms with Crippen molar-refractivity contribution in [2.45, 2.75) is 0 Å². The zero-order valence-electron chi connectivity index (χ0n) is 11.0. The maximum absolute atomic E-state index is 14.7. The first-order chi connectivity index (χ1) is 10.5. The van der Waals surface area contributed by atoms with Crippen LogP contribution in [0.5, 0.6) is 0 Å². The van der Waals surface area contributed by atoms with Crippen molar-refractivity contribution in [3.63, 3.8) is 0 Å². The summed E-state index contributed by atoms with van der Waals surface area (Å²) in [6, 6.07) is 5.76. The lowest BCUT2D eigenvalue weighted by Gasteiger charge is -2.10. The van der Waals surface area contributed by atoms with Crippen molar-refractivity contribution in [3.05, 3.63) is 41.6 Å². The van der Waals surface area contributed by atoms with E-state index in [0.29, 0.717) is 0 Å². The Kier molecular flexibility index (Phi) is 3.03. The van der Waals surface area contributed by atoms with Gasteiger partial charge in [-0.25, -0.2) is 13.8 Å². The number of rotatable bonds is 1. The van der Waals surface area contributed by atoms with Crippen molar-refractivity contribution in [3.8, 4) is 17.3 Å². The zero-order valence-corrected chi connectivity index (χ0v) is 11.0. The van der Waals surface area contributed by atoms with E-state index < -0.39 is 17.2 Å². The Balaban J connectivity index is 2.44. The summed E-state index contributed by atoms with van der Waals surface area (Å²) in [4.78, 5) is 11.3. The molecule has 108 valence electrons. The highest BCUT2D eigenvalue weighted by Crippen LogP contribution is 2.33. The van der Waals surface area contributed by atoms with E-state index in [-0.39, 0.29) is 33.9 Å². The molecule has 0 fully saturated rings. The van der Waals surface area contributed by atoms with Gasteiger partial charge >= 0.3 is 0 Å². The Bertz CT molecular complexity index is 948. The van der Waals surface area contributed by atoms with Crippen LogP contribution in [-0.2, 0) is 0 Å². The second-order valence-electron chi connectivity index (χ2n) is 4.42. The maximum Gasteiger partial charge on any atom is 0.222 e. The van der Waals surface area contributed by atoms with E-state index in [0.717, 1.165) is 6.07 Å². The van der Waals surface area contributed by atoms with Gasteiger partial charge in [0.2, 0.25) is 5.95 Å². The zero-order chi connectivity index (χ0) is 15.9. The minimum atomic E-state index is -0.919. The third kappa shape index (κ3) is 1.96. The van der Waals surface area contributed by atoms with Gasteiger partial charge in [0.1, 0.15) is 34.8 Å². The molecule has 6 nitrogen and oxygen atoms in total. The van der Waals surface area contributed by atoms with Crippen molar-refractivity contribution in [2.75, 3.05) is 11.5 Å². The Labute approximate surface area is 123 Å². The van der Waals surface area contributed by atoms with Crippen LogP contribution in [-0.4, -0.2) is 15.0 Å². The number of fused-ring (bicyclic) bond motifs is 1. The van der Waals surface area contributed by atoms with Gasteiger partial charge in [-0.15, -0.1) is 0 Å². The molecule has 0 radical (unpaired) electrons. The predicted molar refractivity (Wildman–Crippen MR) is 76.2 cm³/mol. The van der Waals surface area contributed by atoms with E-state index in [4.69, 9.17) is 16.7 Å². The number of pyridine rings is 1. The van der Waals surface area contributed by atoms with Crippen molar-refractivity contribution < 1.29 is 8.78 Å². The van der Waals surface area contributed by atoms with E-state index in [1.807, 2.05) is 0 Å². The fraction of sp³-hybridized carbons (Fsp3) is 0. The van der Waals surface area contributed by atoms with Crippen LogP contribution in [0, 0.1) is 23.0 Å². The fourth-order valence-electron chi connectivity index (χ4n) is 2.15. The number of anilines is 2. The highest BCUT2D eigenvalue weighted by atomic mass is 19.1. The quantitative estimate of drug-likeness (QED) is 0.710. The molecule has 0 aliphatic heterocycles. The first kappa shape index (κ1) is 13.6. The summed E-state index contributed by atoms with van der Waals surface area (Å²) in [5, 5.41) is 9.23. The van der Waals surface area contributed by atoms with Gasteiger partial charge in [-0.05, 0) is 12.1 Å². The lowest BCUT2D eigenvalue weighted by Crippen LogP contribution is -2.07. The Morgan fingerprint density at radius 2 is 1.95 bits per heavy atom. The molecule has 3 rings (SSSR count). The number of nitrogens with two attached hydrogens (primary N) is 2. The minimum absolute atomic E-state index is 0.0959. The number of benzene rings is 1. The summed E-state index contributed by atoms with van der Waals surface area (Å²) in [6.45, 7) is 0. The third-order valence-electron chi connectivity index (χ3n) is 3.10. The third-order valence-corrected chi connectivity index (χ3v) is 3.10. The summed E-state index contributed by atoms with van der Waals surface area (Å²) >= 11 is 0. The monoisotopic (exact) mass is 298 g/mol. The molecule has 3 aromatic rings. The number of aromatic nitrogens is 3. The Hall–Kier alpha value is -3.34. The maximum atomic E-state index is 14.7. The average molecular weight is 298 g/mol. The summed E-state index contributed by atoms with van der Waals surface area (Å²) in [5.74, 6) is -2.33. The second kappa shape index (κ2) is 4.89. The first-order valence-corrected chi connectivity index (χ1v) is 6.09. The molecule has 22 heavy (non-hydrogen) atoms. The number of nitrogens with zero attached hydrogens (tertiary/aromatic N) is 4. The summed E-state index contributed by atoms with van der Waals surface area (Å²) in [5.41, 5.74) is 10.2. The van der Waals surface area contributed by atoms with Crippen LogP contribution in [0.4, 0.5) is 20.5 Å². The molecule has 0 saturated carbocycles. The Morgan fingerprint density at radius 1 is 1.18 bits per heavy atom. The van der Waals surface area contributed by atoms with Gasteiger partial charge in [0.25, 0.3) is 0 Å². The number of hydrogen-bond donors (Lipinski definition) is 2. The summed E-state index contributed by atoms with van der Waals surface area (Å²) in [7, 11) is 0. The molecule has 0 aliphatic carbocycles. The molecule has 0 atom stereocenters. The van der Waals surface area contributed by atoms with Crippen molar-refractivity contribution in [1.29, 1.82) is 5.26 Å². The van der Waals surface area contributed by atoms with Crippen LogP contribution < -0.4 is 11.5 Å². The van der Waals surface area contributed by atoms with Crippen LogP contribution >= 0.6 is 0 Å².